The standard InChI is InChI=1S/C16H28O.C15H18.C13H22O.C12H12O.C12H20O.C11H18.C10H16O.C10H16.C8H10F2O.C8H12O.C8H10O/c1-11-12(2)16(14(6,7)8)10-9-15(11,17-16)13(3,4)5;1-10-11(2)15(4)9-14(10,3)12-7-5-6-8-13(12)15;1-9-10(2)13(11(3,4)5)8-7-12(9,6)14-13;1-7-8(2)12-10-6-4-3-5-9(10)11(7)13-12;1-8-9(2)12(11(3,4)5)7-6-10(8)13-12;1-8-9(2)11(3)6-4-10(8)5-7-11;1-7-8(2)10(4)6-5-9(7,3)11-10;1-7-8(2)10-5-3-9(7)4-6-10;1-5-6(2)8(10)4-3-7(5,9)11-8;2*1-5-6(2)8-4-3-7(5)9-8/h9-10H2,1-8H3;5-8H,9H2,1-4H3;7-8H2,1-6H3;3-6,11-12H,1-2H3;10H,6-7H2,1-5H3;10H,4-7H2,1-3H3;5-6H2,1-4H3;9-10H,3-6H2,1-2H3;3-4H2,1-2H3;7-8H,3-4H2,1-2H3;3-4,7-8H,1-2H3. The van der Waals surface area contributed by atoms with E-state index in [9.17, 15) is 8.78 Å². The molecule has 8 aliphatic carbocycles. The van der Waals surface area contributed by atoms with E-state index in [2.05, 4.69) is 329 Å². The van der Waals surface area contributed by atoms with E-state index in [0.29, 0.717) is 57.9 Å². The lowest BCUT2D eigenvalue weighted by molar-refractivity contribution is -0.167. The summed E-state index contributed by atoms with van der Waals surface area (Å²) in [6, 6.07) is 17.5. The van der Waals surface area contributed by atoms with E-state index in [0.717, 1.165) is 17.8 Å². The molecule has 0 aromatic heterocycles. The van der Waals surface area contributed by atoms with E-state index in [1.807, 2.05) is 0 Å². The molecular weight excluding hydrogens is 1640 g/mol. The third-order valence-electron chi connectivity index (χ3n) is 41.2. The normalized spacial score (nSPS) is 40.3. The second-order valence-electron chi connectivity index (χ2n) is 51.2. The first-order valence-electron chi connectivity index (χ1n) is 52.5. The van der Waals surface area contributed by atoms with Crippen LogP contribution in [0.1, 0.15) is 446 Å². The molecule has 8 fully saturated rings. The Balaban J connectivity index is 0.000000118. The van der Waals surface area contributed by atoms with Crippen molar-refractivity contribution in [2.45, 2.75) is 516 Å². The van der Waals surface area contributed by atoms with E-state index < -0.39 is 11.7 Å². The first kappa shape index (κ1) is 104. The van der Waals surface area contributed by atoms with Crippen LogP contribution in [-0.4, -0.2) is 81.4 Å². The lowest BCUT2D eigenvalue weighted by Gasteiger charge is -2.46. The molecule has 6 saturated heterocycles. The minimum absolute atomic E-state index is 0.0197. The molecule has 16 aliphatic heterocycles. The molecule has 736 valence electrons. The van der Waals surface area contributed by atoms with E-state index in [1.165, 1.54) is 211 Å². The Bertz CT molecular complexity index is 5010. The highest BCUT2D eigenvalue weighted by atomic mass is 19.2. The number of allylic oxidation sites excluding steroid dienone is 6. The van der Waals surface area contributed by atoms with E-state index >= 15 is 0 Å². The summed E-state index contributed by atoms with van der Waals surface area (Å²) < 4.78 is 73.9. The van der Waals surface area contributed by atoms with Gasteiger partial charge in [0, 0.05) is 23.7 Å². The van der Waals surface area contributed by atoms with E-state index in [1.54, 1.807) is 58.4 Å². The summed E-state index contributed by atoms with van der Waals surface area (Å²) in [6.07, 6.45) is 32.2. The van der Waals surface area contributed by atoms with Gasteiger partial charge in [0.25, 0.3) is 0 Å². The van der Waals surface area contributed by atoms with Crippen LogP contribution in [-0.2, 0) is 48.7 Å². The van der Waals surface area contributed by atoms with Gasteiger partial charge in [0.05, 0.1) is 69.7 Å². The predicted octanol–water partition coefficient (Wildman–Crippen LogP) is 34.2. The molecule has 10 heteroatoms. The number of fused-ring (bicyclic) bond motifs is 28. The fourth-order valence-electron chi connectivity index (χ4n) is 29.2. The molecule has 26 rings (SSSR count). The fraction of sp³-hybridized carbons (Fsp3) is 0.707. The van der Waals surface area contributed by atoms with Crippen LogP contribution in [0.15, 0.2) is 183 Å². The van der Waals surface area contributed by atoms with Crippen LogP contribution in [0.25, 0.3) is 0 Å². The minimum atomic E-state index is -1.79. The highest BCUT2D eigenvalue weighted by Crippen LogP contribution is 2.68. The predicted molar refractivity (Wildman–Crippen MR) is 549 cm³/mol. The van der Waals surface area contributed by atoms with Gasteiger partial charge in [0.15, 0.2) is 0 Å². The maximum absolute atomic E-state index is 13.5. The fourth-order valence-corrected chi connectivity index (χ4v) is 29.2. The van der Waals surface area contributed by atoms with Gasteiger partial charge in [-0.05, 0) is 451 Å². The largest absolute Gasteiger partial charge is 0.366 e. The average Bonchev–Trinajstić information content (AvgIpc) is 1.52. The number of alkyl halides is 2. The molecule has 0 spiro atoms. The van der Waals surface area contributed by atoms with Crippen LogP contribution in [0.4, 0.5) is 8.78 Å². The van der Waals surface area contributed by atoms with E-state index in [-0.39, 0.29) is 85.9 Å². The molecule has 133 heavy (non-hydrogen) atoms. The van der Waals surface area contributed by atoms with Gasteiger partial charge in [0.2, 0.25) is 11.7 Å². The maximum atomic E-state index is 13.5. The Morgan fingerprint density at radius 2 is 0.632 bits per heavy atom. The van der Waals surface area contributed by atoms with Crippen molar-refractivity contribution in [3.05, 3.63) is 206 Å². The van der Waals surface area contributed by atoms with Crippen LogP contribution in [0.3, 0.4) is 0 Å². The molecule has 2 saturated carbocycles. The zero-order valence-electron chi connectivity index (χ0n) is 91.4. The third-order valence-corrected chi connectivity index (χ3v) is 41.2. The molecule has 2 aromatic rings. The number of benzene rings is 2. The summed E-state index contributed by atoms with van der Waals surface area (Å²) in [7, 11) is 0. The summed E-state index contributed by atoms with van der Waals surface area (Å²) in [4.78, 5) is 0. The van der Waals surface area contributed by atoms with Crippen molar-refractivity contribution in [1.29, 1.82) is 0 Å². The molecule has 18 unspecified atom stereocenters. The molecule has 16 heterocycles. The maximum Gasteiger partial charge on any atom is 0.234 e. The molecule has 18 atom stereocenters. The van der Waals surface area contributed by atoms with Gasteiger partial charge in [-0.25, -0.2) is 8.78 Å². The quantitative estimate of drug-likeness (QED) is 0.242. The average molecular weight is 1830 g/mol. The Labute approximate surface area is 808 Å². The smallest absolute Gasteiger partial charge is 0.234 e. The number of ether oxygens (including phenoxy) is 8. The topological polar surface area (TPSA) is 73.8 Å². The van der Waals surface area contributed by atoms with Crippen LogP contribution < -0.4 is 0 Å². The first-order valence-corrected chi connectivity index (χ1v) is 52.5. The summed E-state index contributed by atoms with van der Waals surface area (Å²) >= 11 is 0. The van der Waals surface area contributed by atoms with Crippen LogP contribution in [0, 0.1) is 44.8 Å². The molecular formula is C123H182F2O8. The summed E-state index contributed by atoms with van der Waals surface area (Å²) in [6.45, 7) is 89.7. The molecule has 2 aromatic carbocycles. The molecule has 0 radical (unpaired) electrons. The second-order valence-corrected chi connectivity index (χ2v) is 51.2. The number of halogens is 2. The Morgan fingerprint density at radius 1 is 0.271 bits per heavy atom. The summed E-state index contributed by atoms with van der Waals surface area (Å²) in [5.41, 5.74) is 39.5. The lowest BCUT2D eigenvalue weighted by atomic mass is 9.59. The lowest BCUT2D eigenvalue weighted by Crippen LogP contribution is -2.44. The SMILES string of the molecule is CC1=C(C)C2(C(C)(C)C)CCC1(C(C)(C)C)O2.CC1=C(C)C2(C(C)(C)C)CCC1(C)O2.CC1=C(C)C2(C(C)(C)C)CCC1O2.CC1=C(C)C2(C)CC1(C)c1ccccc12.CC1=C(C)C2(C)CCC1(C)O2.CC1=C(C)C2(C)CCC1CC2.CC1=C(C)C2(F)CCC1(F)O2.CC1=C(C)C2C=CC1O2.CC1=C(C)C2CCC1CC2.CC1=C(C)C2CCC1O2.CC1=C(C)C2OC1c1ccccc12. The van der Waals surface area contributed by atoms with Crippen molar-refractivity contribution in [2.24, 2.45) is 44.8 Å². The number of rotatable bonds is 0. The van der Waals surface area contributed by atoms with Gasteiger partial charge < -0.3 is 37.9 Å². The van der Waals surface area contributed by atoms with Crippen molar-refractivity contribution in [3.63, 3.8) is 0 Å². The first-order chi connectivity index (χ1) is 61.3. The van der Waals surface area contributed by atoms with Gasteiger partial charge in [-0.2, -0.15) is 0 Å². The summed E-state index contributed by atoms with van der Waals surface area (Å²) in [5.74, 6) is -0.677. The van der Waals surface area contributed by atoms with Crippen molar-refractivity contribution in [3.8, 4) is 0 Å². The van der Waals surface area contributed by atoms with Crippen LogP contribution in [0.5, 0.6) is 0 Å². The van der Waals surface area contributed by atoms with Gasteiger partial charge in [-0.3, -0.25) is 0 Å². The Kier molecular flexibility index (Phi) is 27.7. The monoisotopic (exact) mass is 1830 g/mol. The minimum Gasteiger partial charge on any atom is -0.366 e. The zero-order chi connectivity index (χ0) is 98.4. The van der Waals surface area contributed by atoms with Crippen molar-refractivity contribution >= 4 is 0 Å². The second kappa shape index (κ2) is 35.5. The Hall–Kier alpha value is -5.14. The molecule has 22 bridgehead atoms. The van der Waals surface area contributed by atoms with Gasteiger partial charge in [-0.15, -0.1) is 0 Å². The Morgan fingerprint density at radius 3 is 0.910 bits per heavy atom. The highest BCUT2D eigenvalue weighted by Gasteiger charge is 2.67. The van der Waals surface area contributed by atoms with Gasteiger partial charge in [0.1, 0.15) is 12.2 Å². The van der Waals surface area contributed by atoms with Crippen molar-refractivity contribution < 1.29 is 46.7 Å². The molecule has 0 N–H and O–H groups in total. The molecule has 24 aliphatic rings. The van der Waals surface area contributed by atoms with E-state index in [4.69, 9.17) is 33.2 Å². The van der Waals surface area contributed by atoms with Gasteiger partial charge in [-0.1, -0.05) is 198 Å². The van der Waals surface area contributed by atoms with Gasteiger partial charge >= 0.3 is 0 Å². The number of hydrogen-bond acceptors (Lipinski definition) is 8. The third kappa shape index (κ3) is 16.9. The molecule has 8 nitrogen and oxygen atoms in total. The zero-order valence-corrected chi connectivity index (χ0v) is 91.4. The number of hydrogen-bond donors (Lipinski definition) is 0. The van der Waals surface area contributed by atoms with Crippen LogP contribution in [0.2, 0.25) is 0 Å². The molecule has 0 amide bonds. The van der Waals surface area contributed by atoms with Crippen molar-refractivity contribution in [1.82, 2.24) is 0 Å². The van der Waals surface area contributed by atoms with Crippen molar-refractivity contribution in [2.75, 3.05) is 0 Å². The summed E-state index contributed by atoms with van der Waals surface area (Å²) in [5, 5.41) is 0. The highest BCUT2D eigenvalue weighted by molar-refractivity contribution is 5.62. The van der Waals surface area contributed by atoms with Crippen LogP contribution >= 0.6 is 0 Å².